The van der Waals surface area contributed by atoms with E-state index >= 15 is 0 Å². The molecule has 1 rings (SSSR count). The minimum atomic E-state index is -0.763. The minimum absolute atomic E-state index is 0.0191. The lowest BCUT2D eigenvalue weighted by Crippen LogP contribution is -2.41. The first-order valence-corrected chi connectivity index (χ1v) is 6.11. The van der Waals surface area contributed by atoms with Crippen molar-refractivity contribution in [3.8, 4) is 0 Å². The van der Waals surface area contributed by atoms with Crippen LogP contribution in [0.5, 0.6) is 0 Å². The van der Waals surface area contributed by atoms with E-state index < -0.39 is 11.4 Å². The zero-order valence-corrected chi connectivity index (χ0v) is 9.92. The maximum absolute atomic E-state index is 11.4. The monoisotopic (exact) mass is 227 g/mol. The second kappa shape index (κ2) is 5.87. The van der Waals surface area contributed by atoms with E-state index in [4.69, 9.17) is 0 Å². The first-order valence-electron chi connectivity index (χ1n) is 6.11. The second-order valence-electron chi connectivity index (χ2n) is 4.67. The highest BCUT2D eigenvalue weighted by molar-refractivity contribution is 5.79. The van der Waals surface area contributed by atoms with E-state index in [1.165, 1.54) is 0 Å². The molecule has 0 unspecified atom stereocenters. The Morgan fingerprint density at radius 2 is 1.94 bits per heavy atom. The lowest BCUT2D eigenvalue weighted by atomic mass is 9.86. The second-order valence-corrected chi connectivity index (χ2v) is 4.67. The van der Waals surface area contributed by atoms with Crippen LogP contribution < -0.4 is 5.32 Å². The zero-order chi connectivity index (χ0) is 12.0. The van der Waals surface area contributed by atoms with Crippen molar-refractivity contribution in [1.29, 1.82) is 0 Å². The number of hydrogen-bond acceptors (Lipinski definition) is 2. The van der Waals surface area contributed by atoms with Crippen LogP contribution in [0.25, 0.3) is 0 Å². The number of unbranched alkanes of at least 4 members (excludes halogenated alkanes) is 1. The van der Waals surface area contributed by atoms with E-state index in [0.717, 1.165) is 25.7 Å². The summed E-state index contributed by atoms with van der Waals surface area (Å²) in [4.78, 5) is 22.6. The van der Waals surface area contributed by atoms with E-state index in [1.54, 1.807) is 0 Å². The molecule has 1 saturated carbocycles. The average Bonchev–Trinajstić information content (AvgIpc) is 2.73. The molecule has 0 saturated heterocycles. The molecule has 0 atom stereocenters. The molecule has 16 heavy (non-hydrogen) atoms. The highest BCUT2D eigenvalue weighted by Gasteiger charge is 2.41. The number of amides is 1. The maximum Gasteiger partial charge on any atom is 0.311 e. The van der Waals surface area contributed by atoms with Crippen LogP contribution in [0, 0.1) is 5.41 Å². The predicted molar refractivity (Wildman–Crippen MR) is 61.1 cm³/mol. The molecule has 1 aliphatic rings. The molecule has 2 N–H and O–H groups in total. The van der Waals surface area contributed by atoms with Crippen LogP contribution in [-0.2, 0) is 9.59 Å². The Kier molecular flexibility index (Phi) is 4.77. The first-order chi connectivity index (χ1) is 7.60. The standard InChI is InChI=1S/C12H21NO3/c1-2-3-6-10(14)13-9-12(11(15)16)7-4-5-8-12/h2-9H2,1H3,(H,13,14)(H,15,16). The van der Waals surface area contributed by atoms with Crippen molar-refractivity contribution in [2.45, 2.75) is 51.9 Å². The van der Waals surface area contributed by atoms with Gasteiger partial charge in [0.05, 0.1) is 5.41 Å². The molecule has 0 radical (unpaired) electrons. The van der Waals surface area contributed by atoms with Crippen LogP contribution in [0.3, 0.4) is 0 Å². The quantitative estimate of drug-likeness (QED) is 0.728. The molecule has 92 valence electrons. The van der Waals surface area contributed by atoms with E-state index in [1.807, 2.05) is 6.92 Å². The average molecular weight is 227 g/mol. The number of aliphatic carboxylic acids is 1. The van der Waals surface area contributed by atoms with Gasteiger partial charge in [-0.1, -0.05) is 26.2 Å². The Morgan fingerprint density at radius 3 is 2.44 bits per heavy atom. The van der Waals surface area contributed by atoms with Gasteiger partial charge >= 0.3 is 5.97 Å². The molecule has 0 aromatic carbocycles. The van der Waals surface area contributed by atoms with Crippen LogP contribution in [-0.4, -0.2) is 23.5 Å². The molecule has 1 fully saturated rings. The summed E-state index contributed by atoms with van der Waals surface area (Å²) in [6.07, 6.45) is 5.65. The number of hydrogen-bond donors (Lipinski definition) is 2. The molecule has 0 bridgehead atoms. The van der Waals surface area contributed by atoms with Crippen molar-refractivity contribution in [3.63, 3.8) is 0 Å². The number of carboxylic acid groups (broad SMARTS) is 1. The first kappa shape index (κ1) is 13.0. The third-order valence-corrected chi connectivity index (χ3v) is 3.40. The number of carbonyl (C=O) groups excluding carboxylic acids is 1. The number of nitrogens with one attached hydrogen (secondary N) is 1. The summed E-state index contributed by atoms with van der Waals surface area (Å²) in [5.74, 6) is -0.782. The summed E-state index contributed by atoms with van der Waals surface area (Å²) >= 11 is 0. The largest absolute Gasteiger partial charge is 0.481 e. The highest BCUT2D eigenvalue weighted by Crippen LogP contribution is 2.37. The molecular formula is C12H21NO3. The van der Waals surface area contributed by atoms with Crippen molar-refractivity contribution < 1.29 is 14.7 Å². The van der Waals surface area contributed by atoms with Gasteiger partial charge in [0, 0.05) is 13.0 Å². The third kappa shape index (κ3) is 3.22. The van der Waals surface area contributed by atoms with Gasteiger partial charge in [-0.2, -0.15) is 0 Å². The Labute approximate surface area is 96.4 Å². The third-order valence-electron chi connectivity index (χ3n) is 3.40. The van der Waals surface area contributed by atoms with E-state index in [9.17, 15) is 14.7 Å². The topological polar surface area (TPSA) is 66.4 Å². The van der Waals surface area contributed by atoms with Crippen molar-refractivity contribution in [2.75, 3.05) is 6.54 Å². The summed E-state index contributed by atoms with van der Waals surface area (Å²) < 4.78 is 0. The van der Waals surface area contributed by atoms with E-state index in [2.05, 4.69) is 5.32 Å². The van der Waals surface area contributed by atoms with E-state index in [0.29, 0.717) is 25.8 Å². The lowest BCUT2D eigenvalue weighted by Gasteiger charge is -2.23. The van der Waals surface area contributed by atoms with Gasteiger partial charge in [-0.3, -0.25) is 9.59 Å². The summed E-state index contributed by atoms with van der Waals surface area (Å²) in [7, 11) is 0. The molecule has 0 aromatic rings. The van der Waals surface area contributed by atoms with E-state index in [-0.39, 0.29) is 5.91 Å². The van der Waals surface area contributed by atoms with Gasteiger partial charge in [-0.15, -0.1) is 0 Å². The SMILES string of the molecule is CCCCC(=O)NCC1(C(=O)O)CCCC1. The zero-order valence-electron chi connectivity index (χ0n) is 9.92. The van der Waals surface area contributed by atoms with Crippen LogP contribution in [0.4, 0.5) is 0 Å². The van der Waals surface area contributed by atoms with Crippen molar-refractivity contribution in [2.24, 2.45) is 5.41 Å². The molecule has 0 spiro atoms. The molecular weight excluding hydrogens is 206 g/mol. The summed E-state index contributed by atoms with van der Waals surface area (Å²) in [5.41, 5.74) is -0.693. The smallest absolute Gasteiger partial charge is 0.311 e. The number of rotatable bonds is 6. The van der Waals surface area contributed by atoms with Gasteiger partial charge in [0.15, 0.2) is 0 Å². The van der Waals surface area contributed by atoms with Crippen LogP contribution in [0.1, 0.15) is 51.9 Å². The number of carbonyl (C=O) groups is 2. The fraction of sp³-hybridized carbons (Fsp3) is 0.833. The maximum atomic E-state index is 11.4. The molecule has 1 aliphatic carbocycles. The molecule has 0 heterocycles. The molecule has 4 heteroatoms. The van der Waals surface area contributed by atoms with Gasteiger partial charge in [-0.05, 0) is 19.3 Å². The molecule has 0 aromatic heterocycles. The summed E-state index contributed by atoms with van der Waals surface area (Å²) in [6, 6.07) is 0. The lowest BCUT2D eigenvalue weighted by molar-refractivity contribution is -0.148. The highest BCUT2D eigenvalue weighted by atomic mass is 16.4. The van der Waals surface area contributed by atoms with Gasteiger partial charge in [0.1, 0.15) is 0 Å². The van der Waals surface area contributed by atoms with Crippen molar-refractivity contribution in [1.82, 2.24) is 5.32 Å². The Morgan fingerprint density at radius 1 is 1.31 bits per heavy atom. The predicted octanol–water partition coefficient (Wildman–Crippen LogP) is 1.94. The minimum Gasteiger partial charge on any atom is -0.481 e. The van der Waals surface area contributed by atoms with Crippen molar-refractivity contribution in [3.05, 3.63) is 0 Å². The normalized spacial score (nSPS) is 18.3. The van der Waals surface area contributed by atoms with Crippen LogP contribution >= 0.6 is 0 Å². The van der Waals surface area contributed by atoms with Gasteiger partial charge in [-0.25, -0.2) is 0 Å². The number of carboxylic acids is 1. The van der Waals surface area contributed by atoms with Crippen LogP contribution in [0.15, 0.2) is 0 Å². The van der Waals surface area contributed by atoms with Gasteiger partial charge in [0.2, 0.25) is 5.91 Å². The van der Waals surface area contributed by atoms with Crippen LogP contribution in [0.2, 0.25) is 0 Å². The molecule has 1 amide bonds. The summed E-state index contributed by atoms with van der Waals surface area (Å²) in [6.45, 7) is 2.33. The Hall–Kier alpha value is -1.06. The summed E-state index contributed by atoms with van der Waals surface area (Å²) in [5, 5.41) is 12.0. The Balaban J connectivity index is 2.39. The van der Waals surface area contributed by atoms with Crippen molar-refractivity contribution >= 4 is 11.9 Å². The van der Waals surface area contributed by atoms with Gasteiger partial charge < -0.3 is 10.4 Å². The van der Waals surface area contributed by atoms with Gasteiger partial charge in [0.25, 0.3) is 0 Å². The fourth-order valence-electron chi connectivity index (χ4n) is 2.21. The Bertz CT molecular complexity index is 257. The molecule has 0 aliphatic heterocycles. The fourth-order valence-corrected chi connectivity index (χ4v) is 2.21. The molecule has 4 nitrogen and oxygen atoms in total.